The topological polar surface area (TPSA) is 131 Å². The molecule has 2 N–H and O–H groups in total. The summed E-state index contributed by atoms with van der Waals surface area (Å²) >= 11 is 6.39. The van der Waals surface area contributed by atoms with Crippen molar-refractivity contribution in [3.05, 3.63) is 82.4 Å². The van der Waals surface area contributed by atoms with Gasteiger partial charge >= 0.3 is 5.97 Å². The van der Waals surface area contributed by atoms with Crippen LogP contribution in [0.1, 0.15) is 44.9 Å². The molecule has 4 rings (SSSR count). The predicted molar refractivity (Wildman–Crippen MR) is 140 cm³/mol. The van der Waals surface area contributed by atoms with Crippen molar-refractivity contribution in [2.45, 2.75) is 20.0 Å². The predicted octanol–water partition coefficient (Wildman–Crippen LogP) is 4.29. The molecule has 1 heterocycles. The van der Waals surface area contributed by atoms with E-state index in [9.17, 15) is 24.0 Å². The number of anilines is 3. The van der Waals surface area contributed by atoms with Crippen molar-refractivity contribution < 1.29 is 33.4 Å². The Labute approximate surface area is 222 Å². The Morgan fingerprint density at radius 2 is 1.45 bits per heavy atom. The summed E-state index contributed by atoms with van der Waals surface area (Å²) in [4.78, 5) is 63.3. The molecule has 1 aliphatic heterocycles. The molecule has 0 fully saturated rings. The molecule has 0 aromatic heterocycles. The van der Waals surface area contributed by atoms with E-state index in [4.69, 9.17) is 21.1 Å². The number of hydrogen-bond acceptors (Lipinski definition) is 7. The molecule has 11 heteroatoms. The van der Waals surface area contributed by atoms with E-state index < -0.39 is 29.8 Å². The van der Waals surface area contributed by atoms with Crippen LogP contribution in [0.15, 0.2) is 60.7 Å². The minimum atomic E-state index is -1.20. The number of amides is 4. The Hall–Kier alpha value is -4.70. The van der Waals surface area contributed by atoms with Gasteiger partial charge in [-0.05, 0) is 49.4 Å². The summed E-state index contributed by atoms with van der Waals surface area (Å²) in [6.45, 7) is 2.77. The van der Waals surface area contributed by atoms with Gasteiger partial charge in [0.2, 0.25) is 5.91 Å². The normalized spacial score (nSPS) is 13.0. The zero-order chi connectivity index (χ0) is 27.6. The van der Waals surface area contributed by atoms with Gasteiger partial charge in [-0.1, -0.05) is 23.7 Å². The Morgan fingerprint density at radius 3 is 1.97 bits per heavy atom. The average molecular weight is 536 g/mol. The fourth-order valence-corrected chi connectivity index (χ4v) is 4.06. The van der Waals surface area contributed by atoms with E-state index in [2.05, 4.69) is 10.6 Å². The molecule has 0 radical (unpaired) electrons. The number of nitrogens with one attached hydrogen (secondary N) is 2. The average Bonchev–Trinajstić information content (AvgIpc) is 3.14. The lowest BCUT2D eigenvalue weighted by Gasteiger charge is -2.19. The van der Waals surface area contributed by atoms with Gasteiger partial charge < -0.3 is 20.1 Å². The van der Waals surface area contributed by atoms with Crippen LogP contribution in [0, 0.1) is 0 Å². The molecule has 0 saturated carbocycles. The number of imide groups is 1. The molecule has 1 atom stereocenters. The molecule has 10 nitrogen and oxygen atoms in total. The standard InChI is InChI=1S/C27H22ClN3O7/c1-14(24(33)30-17-10-8-16(9-11-17)29-15(2)32)38-27(36)20-12-21(28)22(13-23(20)37-3)31-25(34)18-6-4-5-7-19(18)26(31)35/h4-14H,1-3H3,(H,29,32)(H,30,33)/t14-/m0/s1. The van der Waals surface area contributed by atoms with Gasteiger partial charge in [0.15, 0.2) is 6.10 Å². The minimum absolute atomic E-state index is 0.00729. The van der Waals surface area contributed by atoms with Gasteiger partial charge in [-0.15, -0.1) is 0 Å². The summed E-state index contributed by atoms with van der Waals surface area (Å²) < 4.78 is 10.6. The Balaban J connectivity index is 1.49. The SMILES string of the molecule is COc1cc(N2C(=O)c3ccccc3C2=O)c(Cl)cc1C(=O)O[C@@H](C)C(=O)Nc1ccc(NC(C)=O)cc1. The number of carbonyl (C=O) groups excluding carboxylic acids is 5. The van der Waals surface area contributed by atoms with Crippen LogP contribution in [0.2, 0.25) is 5.02 Å². The van der Waals surface area contributed by atoms with Crippen LogP contribution in [0.5, 0.6) is 5.75 Å². The van der Waals surface area contributed by atoms with Crippen LogP contribution in [0.3, 0.4) is 0 Å². The van der Waals surface area contributed by atoms with Crippen LogP contribution in [-0.4, -0.2) is 42.8 Å². The number of ether oxygens (including phenoxy) is 2. The first-order valence-electron chi connectivity index (χ1n) is 11.4. The zero-order valence-corrected chi connectivity index (χ0v) is 21.3. The van der Waals surface area contributed by atoms with E-state index in [1.807, 2.05) is 0 Å². The summed E-state index contributed by atoms with van der Waals surface area (Å²) in [5.74, 6) is -2.85. The molecule has 0 aliphatic carbocycles. The second kappa shape index (κ2) is 10.7. The van der Waals surface area contributed by atoms with Crippen LogP contribution in [0.4, 0.5) is 17.1 Å². The van der Waals surface area contributed by atoms with Gasteiger partial charge in [-0.25, -0.2) is 9.69 Å². The van der Waals surface area contributed by atoms with Gasteiger partial charge in [0, 0.05) is 24.4 Å². The Bertz CT molecular complexity index is 1430. The molecular formula is C27H22ClN3O7. The summed E-state index contributed by atoms with van der Waals surface area (Å²) in [6.07, 6.45) is -1.20. The van der Waals surface area contributed by atoms with Crippen molar-refractivity contribution in [3.8, 4) is 5.75 Å². The van der Waals surface area contributed by atoms with Crippen molar-refractivity contribution in [1.82, 2.24) is 0 Å². The molecule has 0 spiro atoms. The first kappa shape index (κ1) is 26.4. The number of benzene rings is 3. The van der Waals surface area contributed by atoms with Crippen molar-refractivity contribution in [1.29, 1.82) is 0 Å². The van der Waals surface area contributed by atoms with Crippen LogP contribution in [0.25, 0.3) is 0 Å². The molecule has 0 bridgehead atoms. The van der Waals surface area contributed by atoms with Crippen molar-refractivity contribution >= 4 is 58.3 Å². The van der Waals surface area contributed by atoms with Crippen molar-refractivity contribution in [2.75, 3.05) is 22.6 Å². The fourth-order valence-electron chi connectivity index (χ4n) is 3.81. The van der Waals surface area contributed by atoms with Gasteiger partial charge in [0.1, 0.15) is 11.3 Å². The summed E-state index contributed by atoms with van der Waals surface area (Å²) in [6, 6.07) is 15.3. The molecular weight excluding hydrogens is 514 g/mol. The molecule has 4 amide bonds. The summed E-state index contributed by atoms with van der Waals surface area (Å²) in [5, 5.41) is 5.16. The van der Waals surface area contributed by atoms with Crippen LogP contribution < -0.4 is 20.3 Å². The fraction of sp³-hybridized carbons (Fsp3) is 0.148. The maximum absolute atomic E-state index is 12.9. The second-order valence-electron chi connectivity index (χ2n) is 8.29. The smallest absolute Gasteiger partial charge is 0.342 e. The molecule has 0 unspecified atom stereocenters. The molecule has 38 heavy (non-hydrogen) atoms. The quantitative estimate of drug-likeness (QED) is 0.341. The van der Waals surface area contributed by atoms with E-state index >= 15 is 0 Å². The first-order valence-corrected chi connectivity index (χ1v) is 11.7. The van der Waals surface area contributed by atoms with Gasteiger partial charge in [-0.3, -0.25) is 19.2 Å². The number of halogens is 1. The number of carbonyl (C=O) groups is 5. The largest absolute Gasteiger partial charge is 0.496 e. The zero-order valence-electron chi connectivity index (χ0n) is 20.5. The number of nitrogens with zero attached hydrogens (tertiary/aromatic N) is 1. The second-order valence-corrected chi connectivity index (χ2v) is 8.70. The number of hydrogen-bond donors (Lipinski definition) is 2. The lowest BCUT2D eigenvalue weighted by Crippen LogP contribution is -2.31. The Morgan fingerprint density at radius 1 is 0.895 bits per heavy atom. The van der Waals surface area contributed by atoms with Crippen molar-refractivity contribution in [3.63, 3.8) is 0 Å². The molecule has 194 valence electrons. The monoisotopic (exact) mass is 535 g/mol. The Kier molecular flexibility index (Phi) is 7.45. The van der Waals surface area contributed by atoms with E-state index in [0.717, 1.165) is 4.90 Å². The molecule has 1 aliphatic rings. The highest BCUT2D eigenvalue weighted by molar-refractivity contribution is 6.40. The number of esters is 1. The van der Waals surface area contributed by atoms with E-state index in [0.29, 0.717) is 11.4 Å². The van der Waals surface area contributed by atoms with Gasteiger partial charge in [-0.2, -0.15) is 0 Å². The molecule has 3 aromatic rings. The van der Waals surface area contributed by atoms with Crippen molar-refractivity contribution in [2.24, 2.45) is 0 Å². The third-order valence-corrected chi connectivity index (χ3v) is 5.95. The number of fused-ring (bicyclic) bond motifs is 1. The van der Waals surface area contributed by atoms with E-state index in [-0.39, 0.29) is 39.1 Å². The van der Waals surface area contributed by atoms with Crippen LogP contribution >= 0.6 is 11.6 Å². The maximum atomic E-state index is 12.9. The molecule has 3 aromatic carbocycles. The van der Waals surface area contributed by atoms with Gasteiger partial charge in [0.05, 0.1) is 28.9 Å². The lowest BCUT2D eigenvalue weighted by atomic mass is 10.1. The number of methoxy groups -OCH3 is 1. The highest BCUT2D eigenvalue weighted by atomic mass is 35.5. The highest BCUT2D eigenvalue weighted by Crippen LogP contribution is 2.38. The van der Waals surface area contributed by atoms with Crippen LogP contribution in [-0.2, 0) is 14.3 Å². The third kappa shape index (κ3) is 5.21. The summed E-state index contributed by atoms with van der Waals surface area (Å²) in [5.41, 5.74) is 1.40. The lowest BCUT2D eigenvalue weighted by molar-refractivity contribution is -0.123. The minimum Gasteiger partial charge on any atom is -0.496 e. The highest BCUT2D eigenvalue weighted by Gasteiger charge is 2.38. The molecule has 0 saturated heterocycles. The van der Waals surface area contributed by atoms with Gasteiger partial charge in [0.25, 0.3) is 17.7 Å². The van der Waals surface area contributed by atoms with E-state index in [1.165, 1.54) is 45.2 Å². The number of rotatable bonds is 7. The third-order valence-electron chi connectivity index (χ3n) is 5.65. The maximum Gasteiger partial charge on any atom is 0.342 e. The first-order chi connectivity index (χ1) is 18.1. The van der Waals surface area contributed by atoms with E-state index in [1.54, 1.807) is 36.4 Å². The summed E-state index contributed by atoms with van der Waals surface area (Å²) in [7, 11) is 1.30.